The molecule has 0 bridgehead atoms. The zero-order valence-corrected chi connectivity index (χ0v) is 14.2. The van der Waals surface area contributed by atoms with Gasteiger partial charge in [0.2, 0.25) is 0 Å². The molecule has 0 unspecified atom stereocenters. The summed E-state index contributed by atoms with van der Waals surface area (Å²) in [5.74, 6) is 0.0890. The lowest BCUT2D eigenvalue weighted by Gasteiger charge is -2.08. The van der Waals surface area contributed by atoms with Crippen molar-refractivity contribution in [2.45, 2.75) is 13.8 Å². The van der Waals surface area contributed by atoms with Crippen LogP contribution in [0.25, 0.3) is 5.69 Å². The summed E-state index contributed by atoms with van der Waals surface area (Å²) >= 11 is 0. The van der Waals surface area contributed by atoms with Gasteiger partial charge in [-0.3, -0.25) is 4.79 Å². The maximum atomic E-state index is 13.1. The highest BCUT2D eigenvalue weighted by Crippen LogP contribution is 2.21. The van der Waals surface area contributed by atoms with Gasteiger partial charge in [0.05, 0.1) is 29.7 Å². The predicted octanol–water partition coefficient (Wildman–Crippen LogP) is 3.89. The number of nitrogens with zero attached hydrogens (tertiary/aromatic N) is 2. The molecule has 5 nitrogen and oxygen atoms in total. The van der Waals surface area contributed by atoms with Gasteiger partial charge in [0.25, 0.3) is 5.91 Å². The molecule has 25 heavy (non-hydrogen) atoms. The van der Waals surface area contributed by atoms with Crippen LogP contribution in [-0.4, -0.2) is 22.8 Å². The summed E-state index contributed by atoms with van der Waals surface area (Å²) in [5, 5.41) is 7.27. The van der Waals surface area contributed by atoms with Crippen LogP contribution in [0.3, 0.4) is 0 Å². The van der Waals surface area contributed by atoms with Crippen molar-refractivity contribution in [2.24, 2.45) is 0 Å². The van der Waals surface area contributed by atoms with E-state index in [4.69, 9.17) is 4.74 Å². The molecule has 1 N–H and O–H groups in total. The fourth-order valence-corrected chi connectivity index (χ4v) is 2.70. The summed E-state index contributed by atoms with van der Waals surface area (Å²) in [6.07, 6.45) is 0. The third-order valence-electron chi connectivity index (χ3n) is 3.92. The van der Waals surface area contributed by atoms with E-state index < -0.39 is 0 Å². The SMILES string of the molecule is COc1cccc(NC(=O)c2c(C)nn(-c3ccc(F)cc3)c2C)c1. The van der Waals surface area contributed by atoms with Gasteiger partial charge in [-0.15, -0.1) is 0 Å². The van der Waals surface area contributed by atoms with Crippen LogP contribution in [-0.2, 0) is 0 Å². The maximum Gasteiger partial charge on any atom is 0.259 e. The molecule has 0 atom stereocenters. The van der Waals surface area contributed by atoms with E-state index in [2.05, 4.69) is 10.4 Å². The molecule has 0 aliphatic rings. The Morgan fingerprint density at radius 3 is 2.56 bits per heavy atom. The lowest BCUT2D eigenvalue weighted by molar-refractivity contribution is 0.102. The van der Waals surface area contributed by atoms with E-state index in [1.807, 2.05) is 6.92 Å². The Bertz CT molecular complexity index is 917. The number of nitrogens with one attached hydrogen (secondary N) is 1. The second-order valence-corrected chi connectivity index (χ2v) is 5.62. The number of methoxy groups -OCH3 is 1. The van der Waals surface area contributed by atoms with Crippen LogP contribution in [0.5, 0.6) is 5.75 Å². The molecule has 1 aromatic heterocycles. The maximum absolute atomic E-state index is 13.1. The molecule has 1 amide bonds. The Balaban J connectivity index is 1.91. The normalized spacial score (nSPS) is 10.6. The fraction of sp³-hybridized carbons (Fsp3) is 0.158. The van der Waals surface area contributed by atoms with Crippen molar-refractivity contribution in [1.82, 2.24) is 9.78 Å². The van der Waals surface area contributed by atoms with Gasteiger partial charge in [-0.2, -0.15) is 5.10 Å². The highest BCUT2D eigenvalue weighted by atomic mass is 19.1. The number of rotatable bonds is 4. The third kappa shape index (κ3) is 3.38. The summed E-state index contributed by atoms with van der Waals surface area (Å²) in [6, 6.07) is 13.1. The first-order valence-electron chi connectivity index (χ1n) is 7.77. The first kappa shape index (κ1) is 16.7. The molecule has 0 saturated heterocycles. The highest BCUT2D eigenvalue weighted by Gasteiger charge is 2.19. The second-order valence-electron chi connectivity index (χ2n) is 5.62. The molecule has 2 aromatic carbocycles. The van der Waals surface area contributed by atoms with Gasteiger partial charge < -0.3 is 10.1 Å². The topological polar surface area (TPSA) is 56.1 Å². The molecule has 128 valence electrons. The van der Waals surface area contributed by atoms with Crippen molar-refractivity contribution in [3.63, 3.8) is 0 Å². The molecular formula is C19H18FN3O2. The van der Waals surface area contributed by atoms with Crippen molar-refractivity contribution in [1.29, 1.82) is 0 Å². The monoisotopic (exact) mass is 339 g/mol. The van der Waals surface area contributed by atoms with Crippen LogP contribution in [0.2, 0.25) is 0 Å². The van der Waals surface area contributed by atoms with Gasteiger partial charge in [0.15, 0.2) is 0 Å². The largest absolute Gasteiger partial charge is 0.497 e. The molecule has 3 rings (SSSR count). The van der Waals surface area contributed by atoms with Gasteiger partial charge >= 0.3 is 0 Å². The number of halogens is 1. The molecule has 0 aliphatic carbocycles. The number of carbonyl (C=O) groups is 1. The average molecular weight is 339 g/mol. The summed E-state index contributed by atoms with van der Waals surface area (Å²) in [6.45, 7) is 3.58. The van der Waals surface area contributed by atoms with Crippen molar-refractivity contribution >= 4 is 11.6 Å². The van der Waals surface area contributed by atoms with Crippen LogP contribution in [0, 0.1) is 19.7 Å². The molecule has 3 aromatic rings. The molecule has 0 saturated carbocycles. The summed E-state index contributed by atoms with van der Waals surface area (Å²) in [7, 11) is 1.57. The third-order valence-corrected chi connectivity index (χ3v) is 3.92. The number of amides is 1. The Morgan fingerprint density at radius 2 is 1.88 bits per heavy atom. The number of anilines is 1. The minimum Gasteiger partial charge on any atom is -0.497 e. The van der Waals surface area contributed by atoms with Gasteiger partial charge in [0.1, 0.15) is 11.6 Å². The molecule has 0 radical (unpaired) electrons. The summed E-state index contributed by atoms with van der Waals surface area (Å²) < 4.78 is 19.9. The number of aromatic nitrogens is 2. The first-order valence-corrected chi connectivity index (χ1v) is 7.77. The number of benzene rings is 2. The van der Waals surface area contributed by atoms with Gasteiger partial charge in [-0.25, -0.2) is 9.07 Å². The van der Waals surface area contributed by atoms with E-state index in [1.54, 1.807) is 55.1 Å². The molecule has 0 spiro atoms. The van der Waals surface area contributed by atoms with Crippen molar-refractivity contribution in [2.75, 3.05) is 12.4 Å². The average Bonchev–Trinajstić information content (AvgIpc) is 2.90. The van der Waals surface area contributed by atoms with E-state index in [-0.39, 0.29) is 11.7 Å². The van der Waals surface area contributed by atoms with Crippen molar-refractivity contribution in [3.05, 3.63) is 71.3 Å². The summed E-state index contributed by atoms with van der Waals surface area (Å²) in [5.41, 5.74) is 3.11. The number of carbonyl (C=O) groups excluding carboxylic acids is 1. The lowest BCUT2D eigenvalue weighted by Crippen LogP contribution is -2.14. The number of hydrogen-bond donors (Lipinski definition) is 1. The van der Waals surface area contributed by atoms with Gasteiger partial charge in [0, 0.05) is 11.8 Å². The minimum atomic E-state index is -0.318. The van der Waals surface area contributed by atoms with E-state index >= 15 is 0 Å². The van der Waals surface area contributed by atoms with Crippen LogP contribution < -0.4 is 10.1 Å². The Hall–Kier alpha value is -3.15. The molecule has 0 aliphatic heterocycles. The molecule has 6 heteroatoms. The van der Waals surface area contributed by atoms with Crippen LogP contribution in [0.1, 0.15) is 21.7 Å². The highest BCUT2D eigenvalue weighted by molar-refractivity contribution is 6.06. The zero-order chi connectivity index (χ0) is 18.0. The van der Waals surface area contributed by atoms with Crippen LogP contribution in [0.15, 0.2) is 48.5 Å². The Labute approximate surface area is 145 Å². The van der Waals surface area contributed by atoms with E-state index in [1.165, 1.54) is 12.1 Å². The van der Waals surface area contributed by atoms with Crippen LogP contribution >= 0.6 is 0 Å². The number of ether oxygens (including phenoxy) is 1. The van der Waals surface area contributed by atoms with E-state index in [9.17, 15) is 9.18 Å². The lowest BCUT2D eigenvalue weighted by atomic mass is 10.1. The Morgan fingerprint density at radius 1 is 1.16 bits per heavy atom. The first-order chi connectivity index (χ1) is 12.0. The summed E-state index contributed by atoms with van der Waals surface area (Å²) in [4.78, 5) is 12.7. The van der Waals surface area contributed by atoms with Gasteiger partial charge in [-0.05, 0) is 50.2 Å². The quantitative estimate of drug-likeness (QED) is 0.784. The van der Waals surface area contributed by atoms with Crippen molar-refractivity contribution < 1.29 is 13.9 Å². The number of aryl methyl sites for hydroxylation is 1. The predicted molar refractivity (Wildman–Crippen MR) is 93.9 cm³/mol. The van der Waals surface area contributed by atoms with Crippen LogP contribution in [0.4, 0.5) is 10.1 Å². The zero-order valence-electron chi connectivity index (χ0n) is 14.2. The Kier molecular flexibility index (Phi) is 4.52. The number of hydrogen-bond acceptors (Lipinski definition) is 3. The second kappa shape index (κ2) is 6.76. The fourth-order valence-electron chi connectivity index (χ4n) is 2.70. The van der Waals surface area contributed by atoms with E-state index in [0.29, 0.717) is 34.1 Å². The standard InChI is InChI=1S/C19H18FN3O2/c1-12-18(19(24)21-15-5-4-6-17(11-15)25-3)13(2)23(22-12)16-9-7-14(20)8-10-16/h4-11H,1-3H3,(H,21,24). The van der Waals surface area contributed by atoms with Gasteiger partial charge in [-0.1, -0.05) is 6.07 Å². The van der Waals surface area contributed by atoms with Crippen molar-refractivity contribution in [3.8, 4) is 11.4 Å². The molecule has 0 fully saturated rings. The van der Waals surface area contributed by atoms with E-state index in [0.717, 1.165) is 0 Å². The molecular weight excluding hydrogens is 321 g/mol. The molecule has 1 heterocycles. The minimum absolute atomic E-state index is 0.253. The smallest absolute Gasteiger partial charge is 0.259 e.